The van der Waals surface area contributed by atoms with Crippen LogP contribution in [-0.4, -0.2) is 126 Å². The first kappa shape index (κ1) is 54.0. The lowest BCUT2D eigenvalue weighted by molar-refractivity contribution is -0.140. The number of ether oxygens (including phenoxy) is 3. The van der Waals surface area contributed by atoms with Gasteiger partial charge in [0, 0.05) is 62.4 Å². The Balaban J connectivity index is 0.911. The first-order chi connectivity index (χ1) is 34.2. The van der Waals surface area contributed by atoms with E-state index in [1.165, 1.54) is 6.07 Å². The van der Waals surface area contributed by atoms with Crippen LogP contribution in [0, 0.1) is 46.6 Å². The van der Waals surface area contributed by atoms with Gasteiger partial charge in [-0.05, 0) is 102 Å². The number of rotatable bonds is 14. The van der Waals surface area contributed by atoms with Crippen LogP contribution in [0.2, 0.25) is 0 Å². The number of carbonyl (C=O) groups is 5. The number of piperidine rings is 3. The van der Waals surface area contributed by atoms with E-state index in [1.807, 2.05) is 6.07 Å². The number of nitrogens with one attached hydrogen (secondary N) is 1. The summed E-state index contributed by atoms with van der Waals surface area (Å²) in [5, 5.41) is 3.11. The van der Waals surface area contributed by atoms with Gasteiger partial charge in [-0.1, -0.05) is 37.5 Å². The minimum absolute atomic E-state index is 0.0238. The average molecular weight is 1020 g/mol. The predicted octanol–water partition coefficient (Wildman–Crippen LogP) is 8.56. The average Bonchev–Trinajstić information content (AvgIpc) is 3.36. The first-order valence-electron chi connectivity index (χ1n) is 24.7. The molecule has 0 bridgehead atoms. The number of esters is 1. The number of likely N-dealkylation sites (tertiary alicyclic amines) is 3. The zero-order valence-electron chi connectivity index (χ0n) is 40.8. The Morgan fingerprint density at radius 1 is 0.722 bits per heavy atom. The lowest BCUT2D eigenvalue weighted by Crippen LogP contribution is -2.55. The van der Waals surface area contributed by atoms with Crippen molar-refractivity contribution in [1.82, 2.24) is 24.9 Å². The van der Waals surface area contributed by atoms with Gasteiger partial charge in [0.2, 0.25) is 46.6 Å². The van der Waals surface area contributed by atoms with Crippen molar-refractivity contribution >= 4 is 29.8 Å². The second-order valence-electron chi connectivity index (χ2n) is 20.2. The molecule has 3 heterocycles. The highest BCUT2D eigenvalue weighted by Gasteiger charge is 2.38. The van der Waals surface area contributed by atoms with Crippen LogP contribution in [0.3, 0.4) is 0 Å². The third-order valence-electron chi connectivity index (χ3n) is 13.8. The molecule has 72 heavy (non-hydrogen) atoms. The molecule has 0 aromatic heterocycles. The van der Waals surface area contributed by atoms with Crippen LogP contribution < -0.4 is 10.1 Å². The van der Waals surface area contributed by atoms with E-state index in [1.54, 1.807) is 53.7 Å². The van der Waals surface area contributed by atoms with E-state index in [4.69, 9.17) is 9.47 Å². The van der Waals surface area contributed by atoms with Gasteiger partial charge >= 0.3 is 12.1 Å². The quantitative estimate of drug-likeness (QED) is 0.0554. The SMILES string of the molecule is CC(C)(C)OC(=O)N(CC(=O)N1CCCC(c2cccc(C(=O)N[C@@H](C(=O)N3CCC(OC4CCN(CC(=O)Oc5c(F)c(F)c(F)c(F)c5F)CC4)CC3)C3CCCCC3)c2)C1)Cc1ccc(F)cc1F. The van der Waals surface area contributed by atoms with Crippen molar-refractivity contribution < 1.29 is 68.9 Å². The minimum atomic E-state index is -2.35. The molecule has 0 spiro atoms. The maximum absolute atomic E-state index is 14.7. The first-order valence-corrected chi connectivity index (χ1v) is 24.7. The van der Waals surface area contributed by atoms with Crippen molar-refractivity contribution in [2.45, 2.75) is 128 Å². The van der Waals surface area contributed by atoms with Crippen molar-refractivity contribution in [3.8, 4) is 5.75 Å². The summed E-state index contributed by atoms with van der Waals surface area (Å²) < 4.78 is 113. The molecule has 3 aromatic rings. The Labute approximate surface area is 414 Å². The second kappa shape index (κ2) is 23.9. The summed E-state index contributed by atoms with van der Waals surface area (Å²) in [5.74, 6) is -16.8. The molecule has 4 fully saturated rings. The molecule has 7 rings (SSSR count). The Bertz CT molecular complexity index is 2430. The largest absolute Gasteiger partial charge is 0.444 e. The molecule has 4 amide bonds. The van der Waals surface area contributed by atoms with Gasteiger partial charge in [-0.2, -0.15) is 8.78 Å². The Morgan fingerprint density at radius 2 is 1.36 bits per heavy atom. The molecule has 1 unspecified atom stereocenters. The molecule has 0 radical (unpaired) electrons. The predicted molar refractivity (Wildman–Crippen MR) is 248 cm³/mol. The molecule has 1 saturated carbocycles. The summed E-state index contributed by atoms with van der Waals surface area (Å²) in [7, 11) is 0. The number of hydrogen-bond donors (Lipinski definition) is 1. The number of nitrogens with zero attached hydrogens (tertiary/aromatic N) is 4. The molecule has 3 aliphatic heterocycles. The number of amides is 4. The van der Waals surface area contributed by atoms with E-state index < -0.39 is 83.3 Å². The van der Waals surface area contributed by atoms with Crippen LogP contribution >= 0.6 is 0 Å². The molecule has 2 atom stereocenters. The summed E-state index contributed by atoms with van der Waals surface area (Å²) in [5.41, 5.74) is 0.332. The molecular formula is C52H62F7N5O8. The van der Waals surface area contributed by atoms with E-state index >= 15 is 0 Å². The van der Waals surface area contributed by atoms with Crippen molar-refractivity contribution in [2.75, 3.05) is 52.4 Å². The lowest BCUT2D eigenvalue weighted by Gasteiger charge is -2.39. The molecule has 20 heteroatoms. The smallest absolute Gasteiger partial charge is 0.411 e. The summed E-state index contributed by atoms with van der Waals surface area (Å²) >= 11 is 0. The molecule has 1 aliphatic carbocycles. The fraction of sp³-hybridized carbons (Fsp3) is 0.558. The van der Waals surface area contributed by atoms with Gasteiger partial charge in [-0.3, -0.25) is 29.0 Å². The minimum Gasteiger partial charge on any atom is -0.444 e. The molecular weight excluding hydrogens is 956 g/mol. The summed E-state index contributed by atoms with van der Waals surface area (Å²) in [6.07, 6.45) is 6.84. The molecule has 3 saturated heterocycles. The van der Waals surface area contributed by atoms with Crippen molar-refractivity contribution in [3.05, 3.63) is 99.9 Å². The van der Waals surface area contributed by atoms with Crippen LogP contribution in [-0.2, 0) is 30.4 Å². The van der Waals surface area contributed by atoms with Gasteiger partial charge < -0.3 is 29.3 Å². The van der Waals surface area contributed by atoms with E-state index in [0.29, 0.717) is 83.0 Å². The number of carbonyl (C=O) groups excluding carboxylic acids is 5. The van der Waals surface area contributed by atoms with Gasteiger partial charge in [-0.25, -0.2) is 26.7 Å². The Hall–Kier alpha value is -5.76. The van der Waals surface area contributed by atoms with Crippen LogP contribution in [0.4, 0.5) is 35.5 Å². The standard InChI is InChI=1S/C52H62F7N5O8/c1-52(2,3)72-51(69)64(28-35-14-15-36(53)26-39(35)54)29-40(65)63-20-8-13-34(27-63)32-11-7-12-33(25-32)49(67)60-47(31-9-5-4-6-10-31)50(68)62-23-18-38(19-24-62)70-37-16-21-61(22-17-37)30-41(66)71-48-45(58)43(56)42(55)44(57)46(48)59/h7,11-12,14-15,25-26,31,34,37-38,47H,4-6,8-10,13,16-24,27-30H2,1-3H3,(H,60,67)/t34?,47-/m1/s1. The van der Waals surface area contributed by atoms with Crippen LogP contribution in [0.15, 0.2) is 42.5 Å². The lowest BCUT2D eigenvalue weighted by atomic mass is 9.83. The number of benzene rings is 3. The zero-order valence-corrected chi connectivity index (χ0v) is 40.8. The molecule has 392 valence electrons. The van der Waals surface area contributed by atoms with Crippen LogP contribution in [0.25, 0.3) is 0 Å². The van der Waals surface area contributed by atoms with Crippen molar-refractivity contribution in [1.29, 1.82) is 0 Å². The third-order valence-corrected chi connectivity index (χ3v) is 13.8. The summed E-state index contributed by atoms with van der Waals surface area (Å²) in [6, 6.07) is 9.43. The van der Waals surface area contributed by atoms with Gasteiger partial charge in [0.25, 0.3) is 5.91 Å². The number of hydrogen-bond acceptors (Lipinski definition) is 9. The van der Waals surface area contributed by atoms with Crippen molar-refractivity contribution in [3.63, 3.8) is 0 Å². The van der Waals surface area contributed by atoms with Crippen molar-refractivity contribution in [2.24, 2.45) is 5.92 Å². The Morgan fingerprint density at radius 3 is 2.00 bits per heavy atom. The van der Waals surface area contributed by atoms with Gasteiger partial charge in [0.15, 0.2) is 0 Å². The molecule has 3 aromatic carbocycles. The van der Waals surface area contributed by atoms with Gasteiger partial charge in [-0.15, -0.1) is 0 Å². The van der Waals surface area contributed by atoms with Gasteiger partial charge in [0.05, 0.1) is 25.3 Å². The molecule has 13 nitrogen and oxygen atoms in total. The van der Waals surface area contributed by atoms with E-state index in [0.717, 1.165) is 55.1 Å². The highest BCUT2D eigenvalue weighted by atomic mass is 19.2. The topological polar surface area (TPSA) is 138 Å². The normalized spacial score (nSPS) is 19.2. The fourth-order valence-corrected chi connectivity index (χ4v) is 10.0. The fourth-order valence-electron chi connectivity index (χ4n) is 10.0. The van der Waals surface area contributed by atoms with E-state index in [-0.39, 0.29) is 53.9 Å². The zero-order chi connectivity index (χ0) is 51.9. The van der Waals surface area contributed by atoms with Gasteiger partial charge in [0.1, 0.15) is 29.8 Å². The van der Waals surface area contributed by atoms with E-state index in [2.05, 4.69) is 10.1 Å². The van der Waals surface area contributed by atoms with E-state index in [9.17, 15) is 54.7 Å². The van der Waals surface area contributed by atoms with Crippen LogP contribution in [0.5, 0.6) is 5.75 Å². The third kappa shape index (κ3) is 13.8. The highest BCUT2D eigenvalue weighted by molar-refractivity contribution is 5.98. The summed E-state index contributed by atoms with van der Waals surface area (Å²) in [6.45, 7) is 6.11. The van der Waals surface area contributed by atoms with Crippen LogP contribution in [0.1, 0.15) is 119 Å². The monoisotopic (exact) mass is 1020 g/mol. The Kier molecular flexibility index (Phi) is 17.9. The molecule has 1 N–H and O–H groups in total. The highest BCUT2D eigenvalue weighted by Crippen LogP contribution is 2.32. The second-order valence-corrected chi connectivity index (χ2v) is 20.2. The number of halogens is 7. The summed E-state index contributed by atoms with van der Waals surface area (Å²) in [4.78, 5) is 74.1. The maximum Gasteiger partial charge on any atom is 0.411 e. The molecule has 4 aliphatic rings. The maximum atomic E-state index is 14.7.